The summed E-state index contributed by atoms with van der Waals surface area (Å²) in [4.78, 5) is 11.4. The van der Waals surface area contributed by atoms with Gasteiger partial charge in [0.25, 0.3) is 0 Å². The molecule has 0 amide bonds. The lowest BCUT2D eigenvalue weighted by Gasteiger charge is -2.30. The van der Waals surface area contributed by atoms with E-state index in [2.05, 4.69) is 38.7 Å². The third-order valence-corrected chi connectivity index (χ3v) is 6.73. The summed E-state index contributed by atoms with van der Waals surface area (Å²) < 4.78 is 7.82. The van der Waals surface area contributed by atoms with Crippen molar-refractivity contribution < 1.29 is 9.84 Å². The highest BCUT2D eigenvalue weighted by Gasteiger charge is 2.36. The molecule has 2 aliphatic rings. The first-order chi connectivity index (χ1) is 16.9. The molecular weight excluding hydrogens is 444 g/mol. The zero-order valence-corrected chi connectivity index (χ0v) is 20.2. The van der Waals surface area contributed by atoms with Crippen molar-refractivity contribution in [3.63, 3.8) is 0 Å². The third-order valence-electron chi connectivity index (χ3n) is 6.73. The van der Waals surface area contributed by atoms with E-state index in [-0.39, 0.29) is 12.7 Å². The third kappa shape index (κ3) is 4.58. The van der Waals surface area contributed by atoms with Gasteiger partial charge in [0.05, 0.1) is 48.5 Å². The number of nitrogens with zero attached hydrogens (tertiary/aromatic N) is 6. The summed E-state index contributed by atoms with van der Waals surface area (Å²) in [6, 6.07) is 9.89. The number of anilines is 3. The largest absolute Gasteiger partial charge is 0.395 e. The van der Waals surface area contributed by atoms with Gasteiger partial charge in [-0.3, -0.25) is 0 Å². The molecule has 3 N–H and O–H groups in total. The molecule has 4 heterocycles. The van der Waals surface area contributed by atoms with Crippen LogP contribution >= 0.6 is 0 Å². The summed E-state index contributed by atoms with van der Waals surface area (Å²) in [7, 11) is 2.10. The lowest BCUT2D eigenvalue weighted by molar-refractivity contribution is -0.0287. The molecule has 2 aliphatic heterocycles. The Balaban J connectivity index is 1.43. The number of morpholine rings is 1. The molecule has 10 heteroatoms. The molecular formula is C25H30N8O2. The Morgan fingerprint density at radius 2 is 2.23 bits per heavy atom. The van der Waals surface area contributed by atoms with E-state index in [1.54, 1.807) is 6.20 Å². The van der Waals surface area contributed by atoms with E-state index in [4.69, 9.17) is 9.72 Å². The molecule has 35 heavy (non-hydrogen) atoms. The molecule has 0 spiro atoms. The predicted octanol–water partition coefficient (Wildman–Crippen LogP) is 2.27. The number of aromatic nitrogens is 4. The zero-order valence-electron chi connectivity index (χ0n) is 20.2. The van der Waals surface area contributed by atoms with Crippen LogP contribution in [-0.4, -0.2) is 75.8 Å². The smallest absolute Gasteiger partial charge is 0.228 e. The number of nitriles is 1. The van der Waals surface area contributed by atoms with Gasteiger partial charge in [0.15, 0.2) is 0 Å². The van der Waals surface area contributed by atoms with Crippen LogP contribution in [0.2, 0.25) is 0 Å². The van der Waals surface area contributed by atoms with Crippen LogP contribution < -0.4 is 10.6 Å². The summed E-state index contributed by atoms with van der Waals surface area (Å²) >= 11 is 0. The summed E-state index contributed by atoms with van der Waals surface area (Å²) in [5, 5.41) is 30.9. The lowest BCUT2D eigenvalue weighted by atomic mass is 9.83. The fourth-order valence-electron chi connectivity index (χ4n) is 4.71. The molecule has 5 rings (SSSR count). The van der Waals surface area contributed by atoms with E-state index in [1.807, 2.05) is 42.8 Å². The molecule has 2 atom stereocenters. The molecule has 0 aliphatic carbocycles. The van der Waals surface area contributed by atoms with Crippen molar-refractivity contribution in [2.45, 2.75) is 31.9 Å². The molecule has 3 aromatic rings. The standard InChI is InChI=1S/C25H30N8O2/c1-16-8-22(33(31-16)13-19-12-32(3)6-7-35-19)30-24-27-5-4-21(29-24)17-9-18(11-26)23-20(10-17)25(2,15-34)14-28-23/h4-5,8-10,19,28,34H,6-7,12-15H2,1-3H3,(H,27,29,30)/t19-,25-/m1/s1. The average molecular weight is 475 g/mol. The van der Waals surface area contributed by atoms with Crippen molar-refractivity contribution in [3.8, 4) is 17.3 Å². The zero-order chi connectivity index (χ0) is 24.6. The molecule has 2 aromatic heterocycles. The minimum Gasteiger partial charge on any atom is -0.395 e. The lowest BCUT2D eigenvalue weighted by Crippen LogP contribution is -2.42. The van der Waals surface area contributed by atoms with Gasteiger partial charge >= 0.3 is 0 Å². The first-order valence-electron chi connectivity index (χ1n) is 11.8. The van der Waals surface area contributed by atoms with Crippen LogP contribution in [0.1, 0.15) is 23.7 Å². The number of hydrogen-bond acceptors (Lipinski definition) is 9. The van der Waals surface area contributed by atoms with Crippen molar-refractivity contribution in [3.05, 3.63) is 47.3 Å². The highest BCUT2D eigenvalue weighted by atomic mass is 16.5. The van der Waals surface area contributed by atoms with Crippen LogP contribution in [0.5, 0.6) is 0 Å². The number of aliphatic hydroxyl groups excluding tert-OH is 1. The summed E-state index contributed by atoms with van der Waals surface area (Å²) in [6.45, 7) is 7.64. The number of aryl methyl sites for hydroxylation is 1. The maximum Gasteiger partial charge on any atom is 0.228 e. The SMILES string of the molecule is Cc1cc(Nc2nccc(-c3cc(C#N)c4c(c3)[C@@](C)(CO)CN4)n2)n(C[C@H]2CN(C)CCO2)n1. The normalized spacial score (nSPS) is 21.9. The number of aliphatic hydroxyl groups is 1. The summed E-state index contributed by atoms with van der Waals surface area (Å²) in [5.74, 6) is 1.23. The molecule has 0 bridgehead atoms. The minimum atomic E-state index is -0.454. The van der Waals surface area contributed by atoms with Gasteiger partial charge in [-0.2, -0.15) is 10.4 Å². The maximum absolute atomic E-state index is 9.99. The first kappa shape index (κ1) is 23.2. The van der Waals surface area contributed by atoms with E-state index < -0.39 is 5.41 Å². The van der Waals surface area contributed by atoms with E-state index in [9.17, 15) is 10.4 Å². The van der Waals surface area contributed by atoms with Crippen molar-refractivity contribution in [1.29, 1.82) is 5.26 Å². The van der Waals surface area contributed by atoms with E-state index in [0.29, 0.717) is 36.9 Å². The number of fused-ring (bicyclic) bond motifs is 1. The molecule has 1 saturated heterocycles. The van der Waals surface area contributed by atoms with Gasteiger partial charge < -0.3 is 25.4 Å². The topological polar surface area (TPSA) is 124 Å². The van der Waals surface area contributed by atoms with Crippen molar-refractivity contribution in [1.82, 2.24) is 24.6 Å². The Hall–Kier alpha value is -3.52. The van der Waals surface area contributed by atoms with Gasteiger partial charge in [-0.05, 0) is 37.7 Å². The fraction of sp³-hybridized carbons (Fsp3) is 0.440. The summed E-state index contributed by atoms with van der Waals surface area (Å²) in [6.07, 6.45) is 1.76. The van der Waals surface area contributed by atoms with Gasteiger partial charge in [0, 0.05) is 42.9 Å². The fourth-order valence-corrected chi connectivity index (χ4v) is 4.71. The van der Waals surface area contributed by atoms with Crippen LogP contribution in [-0.2, 0) is 16.7 Å². The first-order valence-corrected chi connectivity index (χ1v) is 11.8. The predicted molar refractivity (Wildman–Crippen MR) is 133 cm³/mol. The number of benzene rings is 1. The Bertz CT molecular complexity index is 1280. The van der Waals surface area contributed by atoms with E-state index in [1.165, 1.54) is 0 Å². The quantitative estimate of drug-likeness (QED) is 0.493. The number of ether oxygens (including phenoxy) is 1. The van der Waals surface area contributed by atoms with Crippen LogP contribution in [0.15, 0.2) is 30.5 Å². The van der Waals surface area contributed by atoms with Crippen LogP contribution in [0, 0.1) is 18.3 Å². The van der Waals surface area contributed by atoms with Gasteiger partial charge in [0.2, 0.25) is 5.95 Å². The van der Waals surface area contributed by atoms with Gasteiger partial charge in [-0.1, -0.05) is 6.92 Å². The number of nitrogens with one attached hydrogen (secondary N) is 2. The van der Waals surface area contributed by atoms with E-state index >= 15 is 0 Å². The molecule has 1 aromatic carbocycles. The van der Waals surface area contributed by atoms with Crippen molar-refractivity contribution in [2.75, 3.05) is 50.5 Å². The second kappa shape index (κ2) is 9.26. The van der Waals surface area contributed by atoms with Crippen LogP contribution in [0.25, 0.3) is 11.3 Å². The minimum absolute atomic E-state index is 0.0122. The molecule has 0 unspecified atom stereocenters. The van der Waals surface area contributed by atoms with Crippen molar-refractivity contribution in [2.24, 2.45) is 0 Å². The molecule has 182 valence electrons. The second-order valence-electron chi connectivity index (χ2n) is 9.63. The van der Waals surface area contributed by atoms with Gasteiger partial charge in [0.1, 0.15) is 11.9 Å². The Morgan fingerprint density at radius 3 is 3.00 bits per heavy atom. The average Bonchev–Trinajstić information content (AvgIpc) is 3.38. The molecule has 0 saturated carbocycles. The van der Waals surface area contributed by atoms with Gasteiger partial charge in [-0.25, -0.2) is 14.6 Å². The van der Waals surface area contributed by atoms with Crippen molar-refractivity contribution >= 4 is 17.5 Å². The highest BCUT2D eigenvalue weighted by molar-refractivity contribution is 5.76. The molecule has 10 nitrogen and oxygen atoms in total. The number of hydrogen-bond donors (Lipinski definition) is 3. The van der Waals surface area contributed by atoms with E-state index in [0.717, 1.165) is 41.4 Å². The second-order valence-corrected chi connectivity index (χ2v) is 9.63. The molecule has 1 fully saturated rings. The number of rotatable bonds is 6. The highest BCUT2D eigenvalue weighted by Crippen LogP contribution is 2.41. The van der Waals surface area contributed by atoms with Crippen LogP contribution in [0.3, 0.4) is 0 Å². The Kier molecular flexibility index (Phi) is 6.15. The Morgan fingerprint density at radius 1 is 1.37 bits per heavy atom. The van der Waals surface area contributed by atoms with Crippen LogP contribution in [0.4, 0.5) is 17.5 Å². The maximum atomic E-state index is 9.99. The molecule has 0 radical (unpaired) electrons. The Labute approximate surface area is 204 Å². The van der Waals surface area contributed by atoms with Gasteiger partial charge in [-0.15, -0.1) is 0 Å². The number of likely N-dealkylation sites (N-methyl/N-ethyl adjacent to an activating group) is 1. The summed E-state index contributed by atoms with van der Waals surface area (Å²) in [5.41, 5.74) is 4.18. The monoisotopic (exact) mass is 474 g/mol.